The van der Waals surface area contributed by atoms with Gasteiger partial charge in [0, 0.05) is 13.0 Å². The van der Waals surface area contributed by atoms with E-state index in [1.54, 1.807) is 6.92 Å². The van der Waals surface area contributed by atoms with Crippen LogP contribution in [0.2, 0.25) is 0 Å². The predicted octanol–water partition coefficient (Wildman–Crippen LogP) is 0.949. The van der Waals surface area contributed by atoms with Crippen molar-refractivity contribution in [2.75, 3.05) is 20.6 Å². The van der Waals surface area contributed by atoms with Crippen molar-refractivity contribution < 1.29 is 14.7 Å². The summed E-state index contributed by atoms with van der Waals surface area (Å²) in [4.78, 5) is 45.0. The van der Waals surface area contributed by atoms with Crippen LogP contribution >= 0.6 is 11.3 Å². The van der Waals surface area contributed by atoms with Crippen molar-refractivity contribution in [1.29, 1.82) is 0 Å². The van der Waals surface area contributed by atoms with E-state index in [4.69, 9.17) is 5.11 Å². The first-order valence-corrected chi connectivity index (χ1v) is 8.28. The molecule has 2 heterocycles. The molecule has 2 rings (SSSR count). The summed E-state index contributed by atoms with van der Waals surface area (Å²) in [5.74, 6) is -0.659. The summed E-state index contributed by atoms with van der Waals surface area (Å²) in [5, 5.41) is 11.7. The van der Waals surface area contributed by atoms with E-state index in [9.17, 15) is 14.4 Å². The van der Waals surface area contributed by atoms with Crippen LogP contribution in [0.1, 0.15) is 33.9 Å². The monoisotopic (exact) mass is 352 g/mol. The lowest BCUT2D eigenvalue weighted by Crippen LogP contribution is -2.24. The summed E-state index contributed by atoms with van der Waals surface area (Å²) < 4.78 is 0. The van der Waals surface area contributed by atoms with Crippen LogP contribution in [0.25, 0.3) is 10.2 Å². The normalized spacial score (nSPS) is 11.2. The fourth-order valence-electron chi connectivity index (χ4n) is 2.30. The fraction of sp³-hybridized carbons (Fsp3) is 0.467. The molecule has 0 saturated heterocycles. The van der Waals surface area contributed by atoms with Gasteiger partial charge in [0.15, 0.2) is 0 Å². The maximum atomic E-state index is 12.3. The Morgan fingerprint density at radius 2 is 2.08 bits per heavy atom. The van der Waals surface area contributed by atoms with Crippen molar-refractivity contribution in [1.82, 2.24) is 20.2 Å². The number of aliphatic carboxylic acids is 1. The maximum Gasteiger partial charge on any atom is 0.303 e. The largest absolute Gasteiger partial charge is 0.481 e. The Kier molecular flexibility index (Phi) is 5.68. The van der Waals surface area contributed by atoms with E-state index in [0.717, 1.165) is 0 Å². The lowest BCUT2D eigenvalue weighted by molar-refractivity contribution is -0.137. The standard InChI is InChI=1S/C15H20N4O4S/c1-8-11-13(22)17-9(7-19(2)3)18-15(11)24-12(8)14(23)16-6-4-5-10(20)21/h4-7H2,1-3H3,(H,16,23)(H,20,21)(H,17,18,22). The zero-order valence-corrected chi connectivity index (χ0v) is 14.6. The number of nitrogens with zero attached hydrogens (tertiary/aromatic N) is 2. The summed E-state index contributed by atoms with van der Waals surface area (Å²) in [6.45, 7) is 2.49. The number of carbonyl (C=O) groups excluding carboxylic acids is 1. The lowest BCUT2D eigenvalue weighted by atomic mass is 10.2. The van der Waals surface area contributed by atoms with E-state index in [1.165, 1.54) is 11.3 Å². The number of nitrogens with one attached hydrogen (secondary N) is 2. The van der Waals surface area contributed by atoms with Gasteiger partial charge in [-0.25, -0.2) is 4.98 Å². The van der Waals surface area contributed by atoms with Crippen LogP contribution in [-0.2, 0) is 11.3 Å². The molecule has 1 amide bonds. The van der Waals surface area contributed by atoms with Crippen molar-refractivity contribution in [3.05, 3.63) is 26.6 Å². The molecule has 0 fully saturated rings. The average Bonchev–Trinajstić information content (AvgIpc) is 2.80. The number of hydrogen-bond acceptors (Lipinski definition) is 6. The van der Waals surface area contributed by atoms with Gasteiger partial charge in [-0.05, 0) is 33.0 Å². The Hall–Kier alpha value is -2.26. The van der Waals surface area contributed by atoms with Crippen LogP contribution in [-0.4, -0.2) is 52.5 Å². The number of rotatable bonds is 7. The van der Waals surface area contributed by atoms with Gasteiger partial charge >= 0.3 is 5.97 Å². The van der Waals surface area contributed by atoms with Gasteiger partial charge in [0.05, 0.1) is 16.8 Å². The highest BCUT2D eigenvalue weighted by molar-refractivity contribution is 7.20. The molecule has 0 aliphatic heterocycles. The van der Waals surface area contributed by atoms with E-state index >= 15 is 0 Å². The molecular formula is C15H20N4O4S. The number of amides is 1. The van der Waals surface area contributed by atoms with Crippen molar-refractivity contribution in [2.45, 2.75) is 26.3 Å². The topological polar surface area (TPSA) is 115 Å². The van der Waals surface area contributed by atoms with Crippen molar-refractivity contribution >= 4 is 33.4 Å². The second-order valence-electron chi connectivity index (χ2n) is 5.74. The van der Waals surface area contributed by atoms with E-state index in [-0.39, 0.29) is 24.4 Å². The van der Waals surface area contributed by atoms with Gasteiger partial charge in [-0.2, -0.15) is 0 Å². The molecule has 0 aliphatic carbocycles. The molecule has 0 spiro atoms. The number of aromatic nitrogens is 2. The second-order valence-corrected chi connectivity index (χ2v) is 6.74. The molecule has 0 aliphatic rings. The average molecular weight is 352 g/mol. The Labute approximate surface area is 142 Å². The molecule has 0 atom stereocenters. The number of aryl methyl sites for hydroxylation is 1. The summed E-state index contributed by atoms with van der Waals surface area (Å²) >= 11 is 1.17. The van der Waals surface area contributed by atoms with Crippen molar-refractivity contribution in [3.8, 4) is 0 Å². The third-order valence-corrected chi connectivity index (χ3v) is 4.56. The summed E-state index contributed by atoms with van der Waals surface area (Å²) in [6.07, 6.45) is 0.359. The molecular weight excluding hydrogens is 332 g/mol. The molecule has 3 N–H and O–H groups in total. The summed E-state index contributed by atoms with van der Waals surface area (Å²) in [6, 6.07) is 0. The molecule has 2 aromatic rings. The van der Waals surface area contributed by atoms with Crippen LogP contribution in [0.3, 0.4) is 0 Å². The molecule has 8 nitrogen and oxygen atoms in total. The highest BCUT2D eigenvalue weighted by atomic mass is 32.1. The molecule has 0 unspecified atom stereocenters. The zero-order chi connectivity index (χ0) is 17.9. The first-order valence-electron chi connectivity index (χ1n) is 7.46. The van der Waals surface area contributed by atoms with Gasteiger partial charge in [-0.15, -0.1) is 11.3 Å². The molecule has 9 heteroatoms. The third kappa shape index (κ3) is 4.18. The van der Waals surface area contributed by atoms with Gasteiger partial charge in [-0.3, -0.25) is 14.4 Å². The van der Waals surface area contributed by atoms with Crippen LogP contribution in [0.5, 0.6) is 0 Å². The van der Waals surface area contributed by atoms with Gasteiger partial charge in [0.1, 0.15) is 10.7 Å². The predicted molar refractivity (Wildman–Crippen MR) is 91.6 cm³/mol. The number of aromatic amines is 1. The molecule has 24 heavy (non-hydrogen) atoms. The minimum atomic E-state index is -0.897. The Bertz CT molecular complexity index is 825. The Balaban J connectivity index is 2.23. The summed E-state index contributed by atoms with van der Waals surface area (Å²) in [5.41, 5.74) is 0.339. The molecule has 0 radical (unpaired) electrons. The number of fused-ring (bicyclic) bond motifs is 1. The van der Waals surface area contributed by atoms with Crippen LogP contribution in [0, 0.1) is 6.92 Å². The van der Waals surface area contributed by atoms with E-state index in [2.05, 4.69) is 15.3 Å². The number of carbonyl (C=O) groups is 2. The maximum absolute atomic E-state index is 12.3. The van der Waals surface area contributed by atoms with E-state index in [1.807, 2.05) is 19.0 Å². The van der Waals surface area contributed by atoms with Crippen LogP contribution < -0.4 is 10.9 Å². The first-order chi connectivity index (χ1) is 11.3. The van der Waals surface area contributed by atoms with Crippen molar-refractivity contribution in [3.63, 3.8) is 0 Å². The number of carboxylic acids is 1. The highest BCUT2D eigenvalue weighted by Gasteiger charge is 2.19. The Morgan fingerprint density at radius 1 is 1.38 bits per heavy atom. The number of thiophene rings is 1. The van der Waals surface area contributed by atoms with E-state index in [0.29, 0.717) is 39.4 Å². The van der Waals surface area contributed by atoms with E-state index < -0.39 is 5.97 Å². The SMILES string of the molecule is Cc1c(C(=O)NCCCC(=O)O)sc2nc(CN(C)C)[nH]c(=O)c12. The molecule has 130 valence electrons. The molecule has 0 bridgehead atoms. The van der Waals surface area contributed by atoms with Gasteiger partial charge in [-0.1, -0.05) is 0 Å². The highest BCUT2D eigenvalue weighted by Crippen LogP contribution is 2.26. The number of hydrogen-bond donors (Lipinski definition) is 3. The second kappa shape index (κ2) is 7.54. The quantitative estimate of drug-likeness (QED) is 0.639. The smallest absolute Gasteiger partial charge is 0.303 e. The number of H-pyrrole nitrogens is 1. The molecule has 0 saturated carbocycles. The lowest BCUT2D eigenvalue weighted by Gasteiger charge is -2.07. The fourth-order valence-corrected chi connectivity index (χ4v) is 3.42. The van der Waals surface area contributed by atoms with Gasteiger partial charge in [0.2, 0.25) is 0 Å². The van der Waals surface area contributed by atoms with Crippen molar-refractivity contribution in [2.24, 2.45) is 0 Å². The first kappa shape index (κ1) is 18.1. The van der Waals surface area contributed by atoms with Crippen LogP contribution in [0.4, 0.5) is 0 Å². The molecule has 2 aromatic heterocycles. The molecule has 0 aromatic carbocycles. The number of carboxylic acid groups (broad SMARTS) is 1. The van der Waals surface area contributed by atoms with Crippen LogP contribution in [0.15, 0.2) is 4.79 Å². The van der Waals surface area contributed by atoms with Gasteiger partial charge < -0.3 is 20.3 Å². The third-order valence-electron chi connectivity index (χ3n) is 3.37. The zero-order valence-electron chi connectivity index (χ0n) is 13.8. The minimum absolute atomic E-state index is 0.000791. The minimum Gasteiger partial charge on any atom is -0.481 e. The Morgan fingerprint density at radius 3 is 2.71 bits per heavy atom. The van der Waals surface area contributed by atoms with Gasteiger partial charge in [0.25, 0.3) is 11.5 Å². The summed E-state index contributed by atoms with van der Waals surface area (Å²) in [7, 11) is 3.75.